The van der Waals surface area contributed by atoms with Gasteiger partial charge in [0.15, 0.2) is 11.5 Å². The first-order valence-electron chi connectivity index (χ1n) is 4.33. The van der Waals surface area contributed by atoms with Gasteiger partial charge >= 0.3 is 0 Å². The van der Waals surface area contributed by atoms with E-state index in [2.05, 4.69) is 0 Å². The number of para-hydroxylation sites is 2. The van der Waals surface area contributed by atoms with Crippen molar-refractivity contribution in [3.63, 3.8) is 0 Å². The molecule has 0 saturated heterocycles. The average Bonchev–Trinajstić information content (AvgIpc) is 2.15. The van der Waals surface area contributed by atoms with Gasteiger partial charge in [-0.1, -0.05) is 12.1 Å². The Kier molecular flexibility index (Phi) is 6.53. The van der Waals surface area contributed by atoms with Crippen molar-refractivity contribution < 1.29 is 20.1 Å². The molecule has 0 aliphatic carbocycles. The van der Waals surface area contributed by atoms with Crippen LogP contribution >= 0.6 is 0 Å². The zero-order valence-corrected chi connectivity index (χ0v) is 8.19. The van der Waals surface area contributed by atoms with Gasteiger partial charge in [-0.2, -0.15) is 0 Å². The molecule has 1 aromatic rings. The number of aromatic hydroxyl groups is 1. The third kappa shape index (κ3) is 4.11. The van der Waals surface area contributed by atoms with E-state index >= 15 is 0 Å². The van der Waals surface area contributed by atoms with E-state index in [4.69, 9.17) is 9.47 Å². The maximum Gasteiger partial charge on any atom is 0.161 e. The van der Waals surface area contributed by atoms with Crippen molar-refractivity contribution in [3.8, 4) is 11.5 Å². The van der Waals surface area contributed by atoms with Crippen LogP contribution in [-0.2, 0) is 4.74 Å². The fourth-order valence-electron chi connectivity index (χ4n) is 0.934. The van der Waals surface area contributed by atoms with E-state index in [0.29, 0.717) is 25.6 Å². The van der Waals surface area contributed by atoms with Gasteiger partial charge in [0.25, 0.3) is 0 Å². The molecular formula is C10H16O4. The zero-order chi connectivity index (χ0) is 9.52. The molecular weight excluding hydrogens is 184 g/mol. The predicted molar refractivity (Wildman–Crippen MR) is 53.7 cm³/mol. The second-order valence-corrected chi connectivity index (χ2v) is 2.51. The summed E-state index contributed by atoms with van der Waals surface area (Å²) in [6, 6.07) is 6.89. The van der Waals surface area contributed by atoms with Gasteiger partial charge in [-0.15, -0.1) is 0 Å². The largest absolute Gasteiger partial charge is 0.504 e. The van der Waals surface area contributed by atoms with Gasteiger partial charge in [-0.3, -0.25) is 0 Å². The minimum Gasteiger partial charge on any atom is -0.504 e. The van der Waals surface area contributed by atoms with Gasteiger partial charge < -0.3 is 20.1 Å². The Morgan fingerprint density at radius 1 is 1.21 bits per heavy atom. The number of rotatable bonds is 5. The lowest BCUT2D eigenvalue weighted by Crippen LogP contribution is -2.06. The number of phenolic OH excluding ortho intramolecular Hbond substituents is 1. The van der Waals surface area contributed by atoms with E-state index in [0.717, 1.165) is 0 Å². The minimum absolute atomic E-state index is 0. The summed E-state index contributed by atoms with van der Waals surface area (Å²) in [4.78, 5) is 0. The van der Waals surface area contributed by atoms with E-state index in [1.54, 1.807) is 18.2 Å². The van der Waals surface area contributed by atoms with E-state index in [1.807, 2.05) is 13.0 Å². The topological polar surface area (TPSA) is 70.2 Å². The second-order valence-electron chi connectivity index (χ2n) is 2.51. The summed E-state index contributed by atoms with van der Waals surface area (Å²) in [5.41, 5.74) is 0. The van der Waals surface area contributed by atoms with Crippen molar-refractivity contribution in [2.24, 2.45) is 0 Å². The van der Waals surface area contributed by atoms with Gasteiger partial charge in [0.2, 0.25) is 0 Å². The molecule has 80 valence electrons. The molecule has 0 radical (unpaired) electrons. The van der Waals surface area contributed by atoms with Crippen LogP contribution in [-0.4, -0.2) is 30.4 Å². The summed E-state index contributed by atoms with van der Waals surface area (Å²) < 4.78 is 10.4. The highest BCUT2D eigenvalue weighted by Crippen LogP contribution is 2.23. The third-order valence-electron chi connectivity index (χ3n) is 1.55. The van der Waals surface area contributed by atoms with Gasteiger partial charge in [0.1, 0.15) is 6.61 Å². The summed E-state index contributed by atoms with van der Waals surface area (Å²) in [7, 11) is 0. The van der Waals surface area contributed by atoms with Crippen molar-refractivity contribution in [2.45, 2.75) is 6.92 Å². The van der Waals surface area contributed by atoms with Crippen LogP contribution in [0.15, 0.2) is 24.3 Å². The molecule has 0 saturated carbocycles. The highest BCUT2D eigenvalue weighted by atomic mass is 16.5. The summed E-state index contributed by atoms with van der Waals surface area (Å²) in [6.07, 6.45) is 0. The van der Waals surface area contributed by atoms with Crippen molar-refractivity contribution in [3.05, 3.63) is 24.3 Å². The molecule has 0 aliphatic heterocycles. The van der Waals surface area contributed by atoms with E-state index < -0.39 is 0 Å². The molecule has 14 heavy (non-hydrogen) atoms. The lowest BCUT2D eigenvalue weighted by molar-refractivity contribution is 0.109. The maximum atomic E-state index is 9.30. The fraction of sp³-hybridized carbons (Fsp3) is 0.400. The smallest absolute Gasteiger partial charge is 0.161 e. The number of hydrogen-bond donors (Lipinski definition) is 1. The van der Waals surface area contributed by atoms with Crippen LogP contribution in [0.25, 0.3) is 0 Å². The number of phenols is 1. The Balaban J connectivity index is 0.00000169. The number of ether oxygens (including phenoxy) is 2. The summed E-state index contributed by atoms with van der Waals surface area (Å²) in [5.74, 6) is 0.668. The number of hydrogen-bond acceptors (Lipinski definition) is 3. The highest BCUT2D eigenvalue weighted by molar-refractivity contribution is 5.37. The highest BCUT2D eigenvalue weighted by Gasteiger charge is 1.98. The molecule has 0 amide bonds. The number of benzene rings is 1. The first-order valence-corrected chi connectivity index (χ1v) is 4.33. The zero-order valence-electron chi connectivity index (χ0n) is 8.19. The normalized spacial score (nSPS) is 9.21. The van der Waals surface area contributed by atoms with Crippen LogP contribution in [0.4, 0.5) is 0 Å². The first kappa shape index (κ1) is 12.7. The van der Waals surface area contributed by atoms with Crippen molar-refractivity contribution in [1.29, 1.82) is 0 Å². The molecule has 0 bridgehead atoms. The first-order chi connectivity index (χ1) is 6.34. The summed E-state index contributed by atoms with van der Waals surface area (Å²) in [6.45, 7) is 3.63. The van der Waals surface area contributed by atoms with Gasteiger partial charge in [-0.05, 0) is 19.1 Å². The van der Waals surface area contributed by atoms with Gasteiger partial charge in [0.05, 0.1) is 6.61 Å². The Hall–Kier alpha value is -1.26. The molecule has 1 aromatic carbocycles. The maximum absolute atomic E-state index is 9.30. The molecule has 1 rings (SSSR count). The predicted octanol–water partition coefficient (Wildman–Crippen LogP) is 0.983. The van der Waals surface area contributed by atoms with Crippen LogP contribution < -0.4 is 4.74 Å². The second kappa shape index (κ2) is 7.17. The SMILES string of the molecule is CCOCCOc1ccccc1O.O. The molecule has 0 spiro atoms. The molecule has 0 atom stereocenters. The molecule has 0 aromatic heterocycles. The van der Waals surface area contributed by atoms with Crippen LogP contribution in [0.5, 0.6) is 11.5 Å². The van der Waals surface area contributed by atoms with Crippen LogP contribution in [0.1, 0.15) is 6.92 Å². The van der Waals surface area contributed by atoms with E-state index in [-0.39, 0.29) is 11.2 Å². The summed E-state index contributed by atoms with van der Waals surface area (Å²) in [5, 5.41) is 9.30. The molecule has 0 heterocycles. The Bertz CT molecular complexity index is 250. The molecule has 0 unspecified atom stereocenters. The molecule has 3 N–H and O–H groups in total. The van der Waals surface area contributed by atoms with E-state index in [9.17, 15) is 5.11 Å². The lowest BCUT2D eigenvalue weighted by Gasteiger charge is -2.06. The quantitative estimate of drug-likeness (QED) is 0.720. The van der Waals surface area contributed by atoms with Gasteiger partial charge in [-0.25, -0.2) is 0 Å². The van der Waals surface area contributed by atoms with Crippen LogP contribution in [0, 0.1) is 0 Å². The molecule has 0 fully saturated rings. The third-order valence-corrected chi connectivity index (χ3v) is 1.55. The van der Waals surface area contributed by atoms with Crippen molar-refractivity contribution in [1.82, 2.24) is 0 Å². The monoisotopic (exact) mass is 200 g/mol. The van der Waals surface area contributed by atoms with Gasteiger partial charge in [0, 0.05) is 6.61 Å². The van der Waals surface area contributed by atoms with E-state index in [1.165, 1.54) is 0 Å². The average molecular weight is 200 g/mol. The standard InChI is InChI=1S/C10H14O3.H2O/c1-2-12-7-8-13-10-6-4-3-5-9(10)11;/h3-6,11H,2,7-8H2,1H3;1H2. The van der Waals surface area contributed by atoms with Crippen molar-refractivity contribution in [2.75, 3.05) is 19.8 Å². The minimum atomic E-state index is 0. The molecule has 0 aliphatic rings. The van der Waals surface area contributed by atoms with Crippen molar-refractivity contribution >= 4 is 0 Å². The molecule has 4 nitrogen and oxygen atoms in total. The Morgan fingerprint density at radius 2 is 1.93 bits per heavy atom. The Morgan fingerprint density at radius 3 is 2.57 bits per heavy atom. The van der Waals surface area contributed by atoms with Crippen LogP contribution in [0.3, 0.4) is 0 Å². The molecule has 4 heteroatoms. The summed E-state index contributed by atoms with van der Waals surface area (Å²) >= 11 is 0. The lowest BCUT2D eigenvalue weighted by atomic mass is 10.3. The van der Waals surface area contributed by atoms with Crippen LogP contribution in [0.2, 0.25) is 0 Å². The Labute approximate surface area is 83.4 Å². The fourth-order valence-corrected chi connectivity index (χ4v) is 0.934.